The van der Waals surface area contributed by atoms with Crippen molar-refractivity contribution in [3.8, 4) is 11.5 Å². The number of H-pyrrole nitrogens is 1. The predicted molar refractivity (Wildman–Crippen MR) is 91.9 cm³/mol. The zero-order chi connectivity index (χ0) is 17.2. The minimum Gasteiger partial charge on any atom is -0.493 e. The molecule has 2 N–H and O–H groups in total. The molecule has 25 heavy (non-hydrogen) atoms. The molecule has 0 spiro atoms. The lowest BCUT2D eigenvalue weighted by molar-refractivity contribution is 0.0934. The van der Waals surface area contributed by atoms with Crippen molar-refractivity contribution in [2.24, 2.45) is 5.92 Å². The summed E-state index contributed by atoms with van der Waals surface area (Å²) in [5.74, 6) is 1.56. The summed E-state index contributed by atoms with van der Waals surface area (Å²) >= 11 is 0. The van der Waals surface area contributed by atoms with Crippen molar-refractivity contribution in [1.29, 1.82) is 0 Å². The number of aromatic nitrogens is 3. The molecule has 0 bridgehead atoms. The molecule has 4 rings (SSSR count). The van der Waals surface area contributed by atoms with E-state index in [0.717, 1.165) is 28.9 Å². The minimum atomic E-state index is -0.201. The van der Waals surface area contributed by atoms with Crippen molar-refractivity contribution in [1.82, 2.24) is 20.5 Å². The van der Waals surface area contributed by atoms with Crippen molar-refractivity contribution in [3.63, 3.8) is 0 Å². The maximum atomic E-state index is 12.3. The van der Waals surface area contributed by atoms with Crippen LogP contribution in [-0.4, -0.2) is 41.3 Å². The van der Waals surface area contributed by atoms with Crippen molar-refractivity contribution >= 4 is 16.9 Å². The number of carbonyl (C=O) groups is 1. The van der Waals surface area contributed by atoms with Crippen LogP contribution in [0.4, 0.5) is 0 Å². The molecule has 0 saturated carbocycles. The van der Waals surface area contributed by atoms with Gasteiger partial charge < -0.3 is 14.8 Å². The van der Waals surface area contributed by atoms with Crippen LogP contribution >= 0.6 is 0 Å². The maximum absolute atomic E-state index is 12.3. The molecule has 0 radical (unpaired) electrons. The Morgan fingerprint density at radius 2 is 2.32 bits per heavy atom. The highest BCUT2D eigenvalue weighted by Gasteiger charge is 2.23. The van der Waals surface area contributed by atoms with Gasteiger partial charge in [0.15, 0.2) is 17.1 Å². The maximum Gasteiger partial charge on any atom is 0.269 e. The average molecular weight is 338 g/mol. The quantitative estimate of drug-likeness (QED) is 0.759. The zero-order valence-electron chi connectivity index (χ0n) is 13.8. The van der Waals surface area contributed by atoms with E-state index in [1.165, 1.54) is 0 Å². The first kappa shape index (κ1) is 15.4. The van der Waals surface area contributed by atoms with Gasteiger partial charge in [0.1, 0.15) is 5.69 Å². The first-order valence-corrected chi connectivity index (χ1v) is 8.11. The molecule has 3 heterocycles. The third-order valence-corrected chi connectivity index (χ3v) is 4.34. The van der Waals surface area contributed by atoms with Crippen LogP contribution in [-0.2, 0) is 6.42 Å². The van der Waals surface area contributed by atoms with Gasteiger partial charge in [-0.2, -0.15) is 5.10 Å². The van der Waals surface area contributed by atoms with Crippen molar-refractivity contribution in [3.05, 3.63) is 47.8 Å². The average Bonchev–Trinajstić information content (AvgIpc) is 3.13. The number of carbonyl (C=O) groups excluding carboxylic acids is 1. The topological polar surface area (TPSA) is 89.1 Å². The summed E-state index contributed by atoms with van der Waals surface area (Å²) in [5, 5.41) is 10.5. The summed E-state index contributed by atoms with van der Waals surface area (Å²) in [6.45, 7) is 1.07. The number of nitrogens with zero attached hydrogens (tertiary/aromatic N) is 2. The Balaban J connectivity index is 1.40. The number of ether oxygens (including phenoxy) is 2. The second kappa shape index (κ2) is 6.43. The molecule has 1 atom stereocenters. The van der Waals surface area contributed by atoms with Crippen LogP contribution in [0.1, 0.15) is 16.1 Å². The van der Waals surface area contributed by atoms with E-state index >= 15 is 0 Å². The number of benzene rings is 1. The molecule has 1 aromatic carbocycles. The number of methoxy groups -OCH3 is 1. The Hall–Kier alpha value is -3.09. The number of aromatic amines is 1. The van der Waals surface area contributed by atoms with E-state index in [0.29, 0.717) is 24.5 Å². The SMILES string of the molecule is COc1cccc2c1OCC(CNC(=O)c1ccc3cn[nH]c3n1)C2. The molecule has 1 amide bonds. The number of hydrogen-bond donors (Lipinski definition) is 2. The van der Waals surface area contributed by atoms with Gasteiger partial charge in [0, 0.05) is 17.8 Å². The second-order valence-corrected chi connectivity index (χ2v) is 6.04. The Kier molecular flexibility index (Phi) is 3.97. The van der Waals surface area contributed by atoms with E-state index in [-0.39, 0.29) is 11.8 Å². The van der Waals surface area contributed by atoms with Crippen LogP contribution in [0.3, 0.4) is 0 Å². The lowest BCUT2D eigenvalue weighted by Crippen LogP contribution is -2.35. The van der Waals surface area contributed by atoms with E-state index < -0.39 is 0 Å². The van der Waals surface area contributed by atoms with E-state index in [4.69, 9.17) is 9.47 Å². The van der Waals surface area contributed by atoms with E-state index in [1.807, 2.05) is 24.3 Å². The number of hydrogen-bond acceptors (Lipinski definition) is 5. The van der Waals surface area contributed by atoms with Gasteiger partial charge in [0.25, 0.3) is 5.91 Å². The minimum absolute atomic E-state index is 0.201. The third kappa shape index (κ3) is 3.00. The lowest BCUT2D eigenvalue weighted by Gasteiger charge is -2.26. The van der Waals surface area contributed by atoms with Crippen LogP contribution < -0.4 is 14.8 Å². The van der Waals surface area contributed by atoms with Crippen LogP contribution in [0, 0.1) is 5.92 Å². The number of rotatable bonds is 4. The van der Waals surface area contributed by atoms with Gasteiger partial charge in [-0.1, -0.05) is 12.1 Å². The highest BCUT2D eigenvalue weighted by atomic mass is 16.5. The number of para-hydroxylation sites is 1. The molecule has 2 aromatic heterocycles. The summed E-state index contributed by atoms with van der Waals surface area (Å²) < 4.78 is 11.2. The molecule has 7 nitrogen and oxygen atoms in total. The molecular weight excluding hydrogens is 320 g/mol. The molecule has 1 aliphatic rings. The van der Waals surface area contributed by atoms with Crippen LogP contribution in [0.5, 0.6) is 11.5 Å². The zero-order valence-corrected chi connectivity index (χ0v) is 13.8. The monoisotopic (exact) mass is 338 g/mol. The molecule has 3 aromatic rings. The standard InChI is InChI=1S/C18H18N4O3/c1-24-15-4-2-3-12-7-11(10-25-16(12)15)8-19-18(23)14-6-5-13-9-20-22-17(13)21-14/h2-6,9,11H,7-8,10H2,1H3,(H,19,23)(H,20,21,22). The smallest absolute Gasteiger partial charge is 0.269 e. The molecule has 1 unspecified atom stereocenters. The summed E-state index contributed by atoms with van der Waals surface area (Å²) in [6.07, 6.45) is 2.51. The molecule has 0 saturated heterocycles. The van der Waals surface area contributed by atoms with Crippen LogP contribution in [0.15, 0.2) is 36.5 Å². The highest BCUT2D eigenvalue weighted by molar-refractivity contribution is 5.94. The molecule has 0 aliphatic carbocycles. The first-order valence-electron chi connectivity index (χ1n) is 8.11. The van der Waals surface area contributed by atoms with Gasteiger partial charge in [-0.25, -0.2) is 4.98 Å². The lowest BCUT2D eigenvalue weighted by atomic mass is 9.96. The Labute approximate surface area is 144 Å². The highest BCUT2D eigenvalue weighted by Crippen LogP contribution is 2.35. The van der Waals surface area contributed by atoms with Gasteiger partial charge in [-0.15, -0.1) is 0 Å². The van der Waals surface area contributed by atoms with E-state index in [1.54, 1.807) is 19.4 Å². The largest absolute Gasteiger partial charge is 0.493 e. The fourth-order valence-corrected chi connectivity index (χ4v) is 3.03. The number of fused-ring (bicyclic) bond motifs is 2. The molecule has 0 fully saturated rings. The Morgan fingerprint density at radius 3 is 3.20 bits per heavy atom. The molecule has 7 heteroatoms. The number of pyridine rings is 1. The molecule has 128 valence electrons. The first-order chi connectivity index (χ1) is 12.2. The molecule has 1 aliphatic heterocycles. The van der Waals surface area contributed by atoms with Crippen LogP contribution in [0.25, 0.3) is 11.0 Å². The van der Waals surface area contributed by atoms with Crippen molar-refractivity contribution < 1.29 is 14.3 Å². The predicted octanol–water partition coefficient (Wildman–Crippen LogP) is 1.95. The van der Waals surface area contributed by atoms with Gasteiger partial charge >= 0.3 is 0 Å². The van der Waals surface area contributed by atoms with Gasteiger partial charge in [0.05, 0.1) is 19.9 Å². The van der Waals surface area contributed by atoms with Gasteiger partial charge in [0.2, 0.25) is 0 Å². The number of amides is 1. The van der Waals surface area contributed by atoms with Gasteiger partial charge in [-0.05, 0) is 30.2 Å². The fourth-order valence-electron chi connectivity index (χ4n) is 3.03. The third-order valence-electron chi connectivity index (χ3n) is 4.34. The Bertz CT molecular complexity index is 922. The number of nitrogens with one attached hydrogen (secondary N) is 2. The Morgan fingerprint density at radius 1 is 1.40 bits per heavy atom. The summed E-state index contributed by atoms with van der Waals surface area (Å²) in [5.41, 5.74) is 2.08. The molecular formula is C18H18N4O3. The van der Waals surface area contributed by atoms with Crippen molar-refractivity contribution in [2.45, 2.75) is 6.42 Å². The van der Waals surface area contributed by atoms with Crippen molar-refractivity contribution in [2.75, 3.05) is 20.3 Å². The summed E-state index contributed by atoms with van der Waals surface area (Å²) in [6, 6.07) is 9.39. The van der Waals surface area contributed by atoms with E-state index in [2.05, 4.69) is 20.5 Å². The van der Waals surface area contributed by atoms with Crippen LogP contribution in [0.2, 0.25) is 0 Å². The normalized spacial score (nSPS) is 16.1. The fraction of sp³-hybridized carbons (Fsp3) is 0.278. The second-order valence-electron chi connectivity index (χ2n) is 6.04. The summed E-state index contributed by atoms with van der Waals surface area (Å²) in [7, 11) is 1.63. The van der Waals surface area contributed by atoms with E-state index in [9.17, 15) is 4.79 Å². The summed E-state index contributed by atoms with van der Waals surface area (Å²) in [4.78, 5) is 16.6. The van der Waals surface area contributed by atoms with Gasteiger partial charge in [-0.3, -0.25) is 9.89 Å².